The number of nitrogens with zero attached hydrogens (tertiary/aromatic N) is 3. The van der Waals surface area contributed by atoms with E-state index in [4.69, 9.17) is 20.9 Å². The topological polar surface area (TPSA) is 74.9 Å². The minimum absolute atomic E-state index is 0. The fourth-order valence-corrected chi connectivity index (χ4v) is 3.73. The van der Waals surface area contributed by atoms with Crippen molar-refractivity contribution in [3.8, 4) is 5.75 Å². The quantitative estimate of drug-likeness (QED) is 0.336. The second-order valence-corrected chi connectivity index (χ2v) is 7.38. The highest BCUT2D eigenvalue weighted by molar-refractivity contribution is 14.0. The Labute approximate surface area is 194 Å². The van der Waals surface area contributed by atoms with Crippen LogP contribution in [0.4, 0.5) is 5.69 Å². The monoisotopic (exact) mass is 533 g/mol. The Morgan fingerprint density at radius 2 is 2.21 bits per heavy atom. The number of aromatic nitrogens is 1. The van der Waals surface area contributed by atoms with E-state index in [0.717, 1.165) is 66.9 Å². The number of halogens is 2. The van der Waals surface area contributed by atoms with Crippen LogP contribution < -0.4 is 20.3 Å². The molecule has 1 saturated heterocycles. The van der Waals surface area contributed by atoms with Gasteiger partial charge in [0, 0.05) is 43.3 Å². The molecule has 3 rings (SSSR count). The average Bonchev–Trinajstić information content (AvgIpc) is 3.28. The van der Waals surface area contributed by atoms with Crippen LogP contribution in [0.2, 0.25) is 5.02 Å². The van der Waals surface area contributed by atoms with E-state index in [1.54, 1.807) is 14.2 Å². The lowest BCUT2D eigenvalue weighted by atomic mass is 10.1. The maximum Gasteiger partial charge on any atom is 0.191 e. The number of aryl methyl sites for hydroxylation is 2. The average molecular weight is 534 g/mol. The third-order valence-electron chi connectivity index (χ3n) is 5.08. The van der Waals surface area contributed by atoms with Crippen LogP contribution in [0.1, 0.15) is 23.4 Å². The molecule has 0 spiro atoms. The van der Waals surface area contributed by atoms with Crippen molar-refractivity contribution >= 4 is 47.2 Å². The van der Waals surface area contributed by atoms with Crippen LogP contribution in [0.15, 0.2) is 27.7 Å². The zero-order chi connectivity index (χ0) is 20.1. The number of ether oxygens (including phenoxy) is 1. The molecule has 160 valence electrons. The molecule has 2 aromatic rings. The zero-order valence-corrected chi connectivity index (χ0v) is 20.4. The summed E-state index contributed by atoms with van der Waals surface area (Å²) in [6.45, 7) is 6.47. The molecule has 0 bridgehead atoms. The van der Waals surface area contributed by atoms with Crippen LogP contribution >= 0.6 is 35.6 Å². The predicted octanol–water partition coefficient (Wildman–Crippen LogP) is 3.56. The molecular weight excluding hydrogens is 505 g/mol. The summed E-state index contributed by atoms with van der Waals surface area (Å²) in [5.41, 5.74) is 3.13. The van der Waals surface area contributed by atoms with Gasteiger partial charge in [0.05, 0.1) is 18.5 Å². The molecule has 0 aliphatic carbocycles. The Balaban J connectivity index is 0.00000300. The minimum atomic E-state index is 0. The third-order valence-corrected chi connectivity index (χ3v) is 5.32. The summed E-state index contributed by atoms with van der Waals surface area (Å²) in [5.74, 6) is 2.52. The van der Waals surface area contributed by atoms with E-state index in [2.05, 4.69) is 25.7 Å². The fourth-order valence-electron chi connectivity index (χ4n) is 3.56. The van der Waals surface area contributed by atoms with Crippen molar-refractivity contribution in [2.24, 2.45) is 4.99 Å². The van der Waals surface area contributed by atoms with Gasteiger partial charge in [-0.05, 0) is 44.9 Å². The van der Waals surface area contributed by atoms with E-state index in [9.17, 15) is 0 Å². The number of hydrogen-bond donors (Lipinski definition) is 2. The summed E-state index contributed by atoms with van der Waals surface area (Å²) in [5, 5.41) is 11.6. The molecule has 1 atom stereocenters. The smallest absolute Gasteiger partial charge is 0.191 e. The molecule has 2 N–H and O–H groups in total. The molecule has 1 aromatic heterocycles. The summed E-state index contributed by atoms with van der Waals surface area (Å²) >= 11 is 6.18. The van der Waals surface area contributed by atoms with Gasteiger partial charge in [0.25, 0.3) is 0 Å². The molecule has 29 heavy (non-hydrogen) atoms. The van der Waals surface area contributed by atoms with Gasteiger partial charge in [-0.25, -0.2) is 0 Å². The molecule has 9 heteroatoms. The molecule has 0 saturated carbocycles. The zero-order valence-electron chi connectivity index (χ0n) is 17.3. The number of nitrogens with one attached hydrogen (secondary N) is 2. The van der Waals surface area contributed by atoms with Crippen molar-refractivity contribution < 1.29 is 9.26 Å². The molecule has 1 aliphatic rings. The van der Waals surface area contributed by atoms with Gasteiger partial charge >= 0.3 is 0 Å². The molecule has 1 unspecified atom stereocenters. The van der Waals surface area contributed by atoms with Crippen LogP contribution in [-0.2, 0) is 6.42 Å². The van der Waals surface area contributed by atoms with E-state index in [1.807, 2.05) is 32.0 Å². The number of anilines is 1. The summed E-state index contributed by atoms with van der Waals surface area (Å²) in [6.07, 6.45) is 1.86. The van der Waals surface area contributed by atoms with E-state index in [1.165, 1.54) is 0 Å². The molecule has 1 aromatic carbocycles. The van der Waals surface area contributed by atoms with Crippen LogP contribution in [0, 0.1) is 13.8 Å². The number of hydrogen-bond acceptors (Lipinski definition) is 5. The van der Waals surface area contributed by atoms with Gasteiger partial charge in [-0.3, -0.25) is 4.99 Å². The molecule has 7 nitrogen and oxygen atoms in total. The summed E-state index contributed by atoms with van der Waals surface area (Å²) in [7, 11) is 3.47. The normalized spacial score (nSPS) is 16.5. The van der Waals surface area contributed by atoms with Crippen molar-refractivity contribution in [1.29, 1.82) is 0 Å². The number of benzene rings is 1. The fraction of sp³-hybridized carbons (Fsp3) is 0.500. The SMILES string of the molecule is CN=C(NCCc1c(C)noc1C)NC1CCN(c2cc(Cl)ccc2OC)C1.I. The van der Waals surface area contributed by atoms with Crippen molar-refractivity contribution in [2.45, 2.75) is 32.7 Å². The molecule has 1 fully saturated rings. The Hall–Kier alpha value is -1.68. The molecular formula is C20H29ClIN5O2. The first kappa shape index (κ1) is 23.6. The van der Waals surface area contributed by atoms with E-state index < -0.39 is 0 Å². The molecule has 1 aliphatic heterocycles. The van der Waals surface area contributed by atoms with Gasteiger partial charge in [-0.1, -0.05) is 16.8 Å². The van der Waals surface area contributed by atoms with Gasteiger partial charge in [0.15, 0.2) is 5.96 Å². The minimum Gasteiger partial charge on any atom is -0.495 e. The summed E-state index contributed by atoms with van der Waals surface area (Å²) in [4.78, 5) is 6.64. The largest absolute Gasteiger partial charge is 0.495 e. The van der Waals surface area contributed by atoms with E-state index in [-0.39, 0.29) is 24.0 Å². The standard InChI is InChI=1S/C20H28ClN5O2.HI/c1-13-17(14(2)28-25-13)7-9-23-20(22-3)24-16-8-10-26(12-16)18-11-15(21)5-6-19(18)27-4;/h5-6,11,16H,7-10,12H2,1-4H3,(H2,22,23,24);1H. The van der Waals surface area contributed by atoms with E-state index in [0.29, 0.717) is 11.1 Å². The summed E-state index contributed by atoms with van der Waals surface area (Å²) in [6, 6.07) is 6.02. The first-order valence-electron chi connectivity index (χ1n) is 9.49. The Morgan fingerprint density at radius 3 is 2.86 bits per heavy atom. The molecule has 2 heterocycles. The Morgan fingerprint density at radius 1 is 1.41 bits per heavy atom. The van der Waals surface area contributed by atoms with Crippen LogP contribution in [0.3, 0.4) is 0 Å². The number of rotatable bonds is 6. The molecule has 0 amide bonds. The number of aliphatic imine (C=N–C) groups is 1. The lowest BCUT2D eigenvalue weighted by Crippen LogP contribution is -2.45. The summed E-state index contributed by atoms with van der Waals surface area (Å²) < 4.78 is 10.7. The maximum atomic E-state index is 6.18. The highest BCUT2D eigenvalue weighted by Gasteiger charge is 2.25. The lowest BCUT2D eigenvalue weighted by Gasteiger charge is -2.22. The predicted molar refractivity (Wildman–Crippen MR) is 128 cm³/mol. The maximum absolute atomic E-state index is 6.18. The van der Waals surface area contributed by atoms with Gasteiger partial charge in [-0.15, -0.1) is 24.0 Å². The highest BCUT2D eigenvalue weighted by atomic mass is 127. The Bertz CT molecular complexity index is 823. The van der Waals surface area contributed by atoms with Crippen molar-refractivity contribution in [1.82, 2.24) is 15.8 Å². The molecule has 0 radical (unpaired) electrons. The second kappa shape index (κ2) is 10.9. The van der Waals surface area contributed by atoms with Gasteiger partial charge < -0.3 is 24.8 Å². The van der Waals surface area contributed by atoms with Crippen molar-refractivity contribution in [2.75, 3.05) is 38.7 Å². The second-order valence-electron chi connectivity index (χ2n) is 6.94. The highest BCUT2D eigenvalue weighted by Crippen LogP contribution is 2.33. The lowest BCUT2D eigenvalue weighted by molar-refractivity contribution is 0.392. The first-order chi connectivity index (χ1) is 13.5. The van der Waals surface area contributed by atoms with Crippen molar-refractivity contribution in [3.05, 3.63) is 40.2 Å². The number of methoxy groups -OCH3 is 1. The first-order valence-corrected chi connectivity index (χ1v) is 9.87. The van der Waals surface area contributed by atoms with Crippen LogP contribution in [-0.4, -0.2) is 50.9 Å². The number of guanidine groups is 1. The van der Waals surface area contributed by atoms with Gasteiger partial charge in [0.2, 0.25) is 0 Å². The van der Waals surface area contributed by atoms with Gasteiger partial charge in [-0.2, -0.15) is 0 Å². The Kier molecular flexibility index (Phi) is 8.88. The van der Waals surface area contributed by atoms with Crippen LogP contribution in [0.25, 0.3) is 0 Å². The third kappa shape index (κ3) is 5.91. The van der Waals surface area contributed by atoms with Crippen molar-refractivity contribution in [3.63, 3.8) is 0 Å². The van der Waals surface area contributed by atoms with Gasteiger partial charge in [0.1, 0.15) is 11.5 Å². The van der Waals surface area contributed by atoms with Crippen LogP contribution in [0.5, 0.6) is 5.75 Å². The van der Waals surface area contributed by atoms with E-state index >= 15 is 0 Å².